The Morgan fingerprint density at radius 3 is 1.88 bits per heavy atom. The Labute approximate surface area is 84.9 Å². The third kappa shape index (κ3) is 1.83. The first-order valence-electron chi connectivity index (χ1n) is 3.83. The molecule has 0 N–H and O–H groups in total. The molecular formula is C8H4F7N. The van der Waals surface area contributed by atoms with Crippen molar-refractivity contribution in [2.45, 2.75) is 18.0 Å². The van der Waals surface area contributed by atoms with E-state index in [1.54, 1.807) is 0 Å². The summed E-state index contributed by atoms with van der Waals surface area (Å²) in [6, 6.07) is 1.29. The van der Waals surface area contributed by atoms with Crippen LogP contribution in [0.5, 0.6) is 0 Å². The maximum atomic E-state index is 12.9. The van der Waals surface area contributed by atoms with Crippen LogP contribution in [-0.4, -0.2) is 17.1 Å². The highest BCUT2D eigenvalue weighted by atomic mass is 19.4. The first-order valence-corrected chi connectivity index (χ1v) is 3.83. The first kappa shape index (κ1) is 12.7. The summed E-state index contributed by atoms with van der Waals surface area (Å²) in [5, 5.41) is 0. The first-order chi connectivity index (χ1) is 7.11. The van der Waals surface area contributed by atoms with Gasteiger partial charge in [-0.2, -0.15) is 30.7 Å². The molecular weight excluding hydrogens is 243 g/mol. The van der Waals surface area contributed by atoms with Crippen LogP contribution in [0.2, 0.25) is 0 Å². The smallest absolute Gasteiger partial charge is 0.264 e. The fourth-order valence-electron chi connectivity index (χ4n) is 0.908. The Bertz CT molecular complexity index is 356. The van der Waals surface area contributed by atoms with Crippen molar-refractivity contribution in [3.8, 4) is 0 Å². The lowest BCUT2D eigenvalue weighted by Crippen LogP contribution is -2.50. The molecule has 0 bridgehead atoms. The van der Waals surface area contributed by atoms with E-state index >= 15 is 0 Å². The van der Waals surface area contributed by atoms with Gasteiger partial charge in [0.05, 0.1) is 0 Å². The largest absolute Gasteiger partial charge is 0.460 e. The van der Waals surface area contributed by atoms with E-state index in [0.29, 0.717) is 6.07 Å². The molecule has 16 heavy (non-hydrogen) atoms. The van der Waals surface area contributed by atoms with E-state index in [-0.39, 0.29) is 6.20 Å². The van der Waals surface area contributed by atoms with Gasteiger partial charge < -0.3 is 0 Å². The molecule has 0 radical (unpaired) electrons. The van der Waals surface area contributed by atoms with Crippen molar-refractivity contribution in [2.24, 2.45) is 0 Å². The van der Waals surface area contributed by atoms with Gasteiger partial charge in [0, 0.05) is 18.0 Å². The fraction of sp³-hybridized carbons (Fsp3) is 0.375. The normalized spacial score (nSPS) is 13.9. The number of hydrogen-bond acceptors (Lipinski definition) is 1. The average molecular weight is 247 g/mol. The molecule has 0 atom stereocenters. The summed E-state index contributed by atoms with van der Waals surface area (Å²) in [5.41, 5.74) is -1.49. The topological polar surface area (TPSA) is 12.9 Å². The molecule has 1 nitrogen and oxygen atoms in total. The SMILES string of the molecule is FC(F)(F)C(F)(F)C(F)(F)c1cccnc1. The van der Waals surface area contributed by atoms with Gasteiger partial charge in [-0.05, 0) is 12.1 Å². The van der Waals surface area contributed by atoms with Crippen molar-refractivity contribution >= 4 is 0 Å². The summed E-state index contributed by atoms with van der Waals surface area (Å²) < 4.78 is 86.1. The van der Waals surface area contributed by atoms with E-state index < -0.39 is 23.6 Å². The van der Waals surface area contributed by atoms with Gasteiger partial charge in [-0.3, -0.25) is 4.98 Å². The molecule has 0 amide bonds. The number of halogens is 7. The van der Waals surface area contributed by atoms with Crippen LogP contribution in [0, 0.1) is 0 Å². The molecule has 0 spiro atoms. The number of nitrogens with zero attached hydrogens (tertiary/aromatic N) is 1. The summed E-state index contributed by atoms with van der Waals surface area (Å²) in [4.78, 5) is 3.07. The Morgan fingerprint density at radius 1 is 0.938 bits per heavy atom. The van der Waals surface area contributed by atoms with Gasteiger partial charge in [0.1, 0.15) is 0 Å². The van der Waals surface area contributed by atoms with Crippen molar-refractivity contribution < 1.29 is 30.7 Å². The minimum Gasteiger partial charge on any atom is -0.264 e. The standard InChI is InChI=1S/C8H4F7N/c9-6(10,5-2-1-3-16-4-5)7(11,12)8(13,14)15/h1-4H. The lowest BCUT2D eigenvalue weighted by atomic mass is 10.0. The molecule has 0 unspecified atom stereocenters. The lowest BCUT2D eigenvalue weighted by Gasteiger charge is -2.28. The second-order valence-electron chi connectivity index (χ2n) is 2.89. The highest BCUT2D eigenvalue weighted by Gasteiger charge is 2.73. The molecule has 1 aromatic rings. The molecule has 1 rings (SSSR count). The fourth-order valence-corrected chi connectivity index (χ4v) is 0.908. The lowest BCUT2D eigenvalue weighted by molar-refractivity contribution is -0.359. The number of rotatable bonds is 2. The molecule has 0 saturated carbocycles. The highest BCUT2D eigenvalue weighted by molar-refractivity contribution is 5.19. The van der Waals surface area contributed by atoms with Crippen molar-refractivity contribution in [1.29, 1.82) is 0 Å². The maximum absolute atomic E-state index is 12.9. The second kappa shape index (κ2) is 3.60. The molecule has 0 aliphatic rings. The van der Waals surface area contributed by atoms with Crippen molar-refractivity contribution in [3.63, 3.8) is 0 Å². The van der Waals surface area contributed by atoms with E-state index in [0.717, 1.165) is 12.3 Å². The second-order valence-corrected chi connectivity index (χ2v) is 2.89. The van der Waals surface area contributed by atoms with Crippen molar-refractivity contribution in [1.82, 2.24) is 4.98 Å². The molecule has 0 fully saturated rings. The van der Waals surface area contributed by atoms with Gasteiger partial charge >= 0.3 is 18.0 Å². The summed E-state index contributed by atoms with van der Waals surface area (Å²) in [7, 11) is 0. The zero-order valence-corrected chi connectivity index (χ0v) is 7.40. The number of hydrogen-bond donors (Lipinski definition) is 0. The Morgan fingerprint density at radius 2 is 1.50 bits per heavy atom. The highest BCUT2D eigenvalue weighted by Crippen LogP contribution is 2.51. The number of aromatic nitrogens is 1. The predicted molar refractivity (Wildman–Crippen MR) is 39.1 cm³/mol. The van der Waals surface area contributed by atoms with E-state index in [2.05, 4.69) is 4.98 Å². The van der Waals surface area contributed by atoms with Gasteiger partial charge in [0.25, 0.3) is 0 Å². The molecule has 8 heteroatoms. The van der Waals surface area contributed by atoms with Crippen LogP contribution >= 0.6 is 0 Å². The third-order valence-electron chi connectivity index (χ3n) is 1.77. The molecule has 1 aromatic heterocycles. The Hall–Kier alpha value is -1.34. The van der Waals surface area contributed by atoms with Crippen LogP contribution in [0.3, 0.4) is 0 Å². The predicted octanol–water partition coefficient (Wildman–Crippen LogP) is 3.37. The number of alkyl halides is 7. The van der Waals surface area contributed by atoms with Crippen LogP contribution in [-0.2, 0) is 5.92 Å². The monoisotopic (exact) mass is 247 g/mol. The van der Waals surface area contributed by atoms with Gasteiger partial charge in [-0.25, -0.2) is 0 Å². The average Bonchev–Trinajstić information content (AvgIpc) is 2.17. The van der Waals surface area contributed by atoms with Crippen molar-refractivity contribution in [2.75, 3.05) is 0 Å². The summed E-state index contributed by atoms with van der Waals surface area (Å²) in [5.74, 6) is -11.5. The van der Waals surface area contributed by atoms with E-state index in [4.69, 9.17) is 0 Å². The van der Waals surface area contributed by atoms with Crippen molar-refractivity contribution in [3.05, 3.63) is 30.1 Å². The van der Waals surface area contributed by atoms with E-state index in [1.807, 2.05) is 0 Å². The van der Waals surface area contributed by atoms with Crippen LogP contribution in [0.25, 0.3) is 0 Å². The molecule has 0 aliphatic heterocycles. The van der Waals surface area contributed by atoms with Crippen LogP contribution in [0.4, 0.5) is 30.7 Å². The molecule has 0 aromatic carbocycles. The van der Waals surface area contributed by atoms with E-state index in [1.165, 1.54) is 0 Å². The molecule has 0 saturated heterocycles. The summed E-state index contributed by atoms with van der Waals surface area (Å²) >= 11 is 0. The van der Waals surface area contributed by atoms with Crippen LogP contribution < -0.4 is 0 Å². The van der Waals surface area contributed by atoms with Gasteiger partial charge in [0.15, 0.2) is 0 Å². The number of pyridine rings is 1. The molecule has 0 aliphatic carbocycles. The minimum atomic E-state index is -6.33. The molecule has 90 valence electrons. The van der Waals surface area contributed by atoms with Gasteiger partial charge in [-0.1, -0.05) is 0 Å². The molecule has 1 heterocycles. The van der Waals surface area contributed by atoms with Crippen LogP contribution in [0.1, 0.15) is 5.56 Å². The Balaban J connectivity index is 3.22. The maximum Gasteiger partial charge on any atom is 0.460 e. The van der Waals surface area contributed by atoms with E-state index in [9.17, 15) is 30.7 Å². The van der Waals surface area contributed by atoms with Crippen LogP contribution in [0.15, 0.2) is 24.5 Å². The zero-order chi connectivity index (χ0) is 12.6. The quantitative estimate of drug-likeness (QED) is 0.730. The zero-order valence-electron chi connectivity index (χ0n) is 7.40. The Kier molecular flexibility index (Phi) is 2.86. The summed E-state index contributed by atoms with van der Waals surface area (Å²) in [6.07, 6.45) is -5.09. The van der Waals surface area contributed by atoms with Gasteiger partial charge in [0.2, 0.25) is 0 Å². The third-order valence-corrected chi connectivity index (χ3v) is 1.77. The summed E-state index contributed by atoms with van der Waals surface area (Å²) in [6.45, 7) is 0. The minimum absolute atomic E-state index is 0.264. The van der Waals surface area contributed by atoms with Gasteiger partial charge in [-0.15, -0.1) is 0 Å².